The van der Waals surface area contributed by atoms with Crippen molar-refractivity contribution in [2.45, 2.75) is 30.9 Å². The summed E-state index contributed by atoms with van der Waals surface area (Å²) in [5.74, 6) is 0. The van der Waals surface area contributed by atoms with E-state index in [0.29, 0.717) is 0 Å². The van der Waals surface area contributed by atoms with Gasteiger partial charge in [-0.3, -0.25) is 4.21 Å². The van der Waals surface area contributed by atoms with E-state index < -0.39 is 10.8 Å². The highest BCUT2D eigenvalue weighted by molar-refractivity contribution is 7.86. The van der Waals surface area contributed by atoms with Crippen molar-refractivity contribution in [3.8, 4) is 0 Å². The molecule has 98 valence electrons. The molecule has 1 aliphatic heterocycles. The van der Waals surface area contributed by atoms with Crippen molar-refractivity contribution in [2.75, 3.05) is 0 Å². The smallest absolute Gasteiger partial charge is 0.0626 e. The molecule has 1 aliphatic rings. The van der Waals surface area contributed by atoms with Crippen molar-refractivity contribution >= 4 is 27.6 Å². The van der Waals surface area contributed by atoms with E-state index in [9.17, 15) is 4.21 Å². The lowest BCUT2D eigenvalue weighted by molar-refractivity contribution is 0.425. The summed E-state index contributed by atoms with van der Waals surface area (Å²) in [4.78, 5) is 0.973. The zero-order valence-corrected chi connectivity index (χ0v) is 12.3. The van der Waals surface area contributed by atoms with Gasteiger partial charge < -0.3 is 0 Å². The maximum atomic E-state index is 12.8. The predicted octanol–water partition coefficient (Wildman–Crippen LogP) is 4.39. The number of fused-ring (bicyclic) bond motifs is 2. The minimum Gasteiger partial charge on any atom is -0.254 e. The van der Waals surface area contributed by atoms with Crippen LogP contribution in [0.1, 0.15) is 26.3 Å². The Balaban J connectivity index is 2.19. The van der Waals surface area contributed by atoms with Gasteiger partial charge in [-0.05, 0) is 33.9 Å². The second-order valence-corrected chi connectivity index (χ2v) is 7.72. The molecule has 2 aromatic rings. The van der Waals surface area contributed by atoms with Crippen molar-refractivity contribution in [1.29, 1.82) is 0 Å². The van der Waals surface area contributed by atoms with Gasteiger partial charge in [0, 0.05) is 4.90 Å². The van der Waals surface area contributed by atoms with Gasteiger partial charge in [-0.2, -0.15) is 0 Å². The van der Waals surface area contributed by atoms with E-state index in [1.807, 2.05) is 12.1 Å². The van der Waals surface area contributed by atoms with E-state index in [-0.39, 0.29) is 10.7 Å². The van der Waals surface area contributed by atoms with Crippen LogP contribution in [0.25, 0.3) is 16.8 Å². The highest BCUT2D eigenvalue weighted by Gasteiger charge is 2.32. The van der Waals surface area contributed by atoms with E-state index in [1.165, 1.54) is 5.39 Å². The molecule has 2 unspecified atom stereocenters. The third kappa shape index (κ3) is 2.14. The van der Waals surface area contributed by atoms with Crippen molar-refractivity contribution < 1.29 is 4.21 Å². The average molecular weight is 270 g/mol. The zero-order valence-electron chi connectivity index (χ0n) is 11.5. The van der Waals surface area contributed by atoms with Crippen molar-refractivity contribution in [2.24, 2.45) is 5.41 Å². The summed E-state index contributed by atoms with van der Waals surface area (Å²) in [5.41, 5.74) is 1.11. The standard InChI is InChI=1S/C17H18OS/c1-17(2,3)16-9-8-14-10-12-6-4-5-7-13(12)11-15(14)19(16)18/h4-11,16H,1-3H3. The molecule has 0 fully saturated rings. The quantitative estimate of drug-likeness (QED) is 0.694. The summed E-state index contributed by atoms with van der Waals surface area (Å²) in [7, 11) is -0.965. The molecular formula is C17H18OS. The Morgan fingerprint density at radius 1 is 1.05 bits per heavy atom. The lowest BCUT2D eigenvalue weighted by atomic mass is 9.91. The molecule has 1 heterocycles. The monoisotopic (exact) mass is 270 g/mol. The maximum absolute atomic E-state index is 12.8. The van der Waals surface area contributed by atoms with Gasteiger partial charge in [-0.25, -0.2) is 0 Å². The number of benzene rings is 2. The molecule has 1 nitrogen and oxygen atoms in total. The summed E-state index contributed by atoms with van der Waals surface area (Å²) in [6.07, 6.45) is 4.23. The molecule has 0 saturated heterocycles. The van der Waals surface area contributed by atoms with Gasteiger partial charge in [0.25, 0.3) is 0 Å². The van der Waals surface area contributed by atoms with Crippen LogP contribution >= 0.6 is 0 Å². The van der Waals surface area contributed by atoms with E-state index in [1.54, 1.807) is 0 Å². The van der Waals surface area contributed by atoms with Gasteiger partial charge >= 0.3 is 0 Å². The lowest BCUT2D eigenvalue weighted by Crippen LogP contribution is -2.30. The largest absolute Gasteiger partial charge is 0.254 e. The molecule has 19 heavy (non-hydrogen) atoms. The summed E-state index contributed by atoms with van der Waals surface area (Å²) in [6, 6.07) is 12.5. The molecule has 0 aliphatic carbocycles. The predicted molar refractivity (Wildman–Crippen MR) is 82.6 cm³/mol. The van der Waals surface area contributed by atoms with E-state index in [4.69, 9.17) is 0 Å². The second-order valence-electron chi connectivity index (χ2n) is 6.18. The summed E-state index contributed by atoms with van der Waals surface area (Å²) < 4.78 is 12.8. The topological polar surface area (TPSA) is 17.1 Å². The molecule has 0 bridgehead atoms. The molecule has 2 aromatic carbocycles. The third-order valence-electron chi connectivity index (χ3n) is 3.63. The minimum absolute atomic E-state index is 0.0185. The van der Waals surface area contributed by atoms with Crippen LogP contribution in [0.5, 0.6) is 0 Å². The Kier molecular flexibility index (Phi) is 2.86. The number of hydrogen-bond acceptors (Lipinski definition) is 1. The van der Waals surface area contributed by atoms with Gasteiger partial charge in [0.05, 0.1) is 16.0 Å². The Hall–Kier alpha value is -1.41. The Labute approximate surface area is 116 Å². The van der Waals surface area contributed by atoms with Gasteiger partial charge in [0.2, 0.25) is 0 Å². The molecule has 0 N–H and O–H groups in total. The van der Waals surface area contributed by atoms with Gasteiger partial charge in [-0.15, -0.1) is 0 Å². The van der Waals surface area contributed by atoms with Gasteiger partial charge in [0.15, 0.2) is 0 Å². The molecule has 0 amide bonds. The summed E-state index contributed by atoms with van der Waals surface area (Å²) >= 11 is 0. The van der Waals surface area contributed by atoms with Crippen molar-refractivity contribution in [3.63, 3.8) is 0 Å². The lowest BCUT2D eigenvalue weighted by Gasteiger charge is -2.30. The molecule has 2 heteroatoms. The molecule has 0 spiro atoms. The zero-order chi connectivity index (χ0) is 13.6. The van der Waals surface area contributed by atoms with Crippen molar-refractivity contribution in [1.82, 2.24) is 0 Å². The Bertz CT molecular complexity index is 692. The number of rotatable bonds is 0. The van der Waals surface area contributed by atoms with Crippen LogP contribution in [0.3, 0.4) is 0 Å². The molecule has 2 atom stereocenters. The first-order valence-corrected chi connectivity index (χ1v) is 7.80. The fourth-order valence-electron chi connectivity index (χ4n) is 2.55. The van der Waals surface area contributed by atoms with Crippen LogP contribution < -0.4 is 0 Å². The van der Waals surface area contributed by atoms with Crippen LogP contribution in [0.2, 0.25) is 0 Å². The highest BCUT2D eigenvalue weighted by Crippen LogP contribution is 2.35. The van der Waals surface area contributed by atoms with Crippen LogP contribution in [0, 0.1) is 5.41 Å². The number of hydrogen-bond donors (Lipinski definition) is 0. The second kappa shape index (κ2) is 4.31. The van der Waals surface area contributed by atoms with Crippen LogP contribution in [-0.2, 0) is 10.8 Å². The van der Waals surface area contributed by atoms with Crippen molar-refractivity contribution in [3.05, 3.63) is 48.0 Å². The normalized spacial score (nSPS) is 22.5. The highest BCUT2D eigenvalue weighted by atomic mass is 32.2. The fraction of sp³-hybridized carbons (Fsp3) is 0.294. The third-order valence-corrected chi connectivity index (χ3v) is 5.74. The minimum atomic E-state index is -0.965. The molecule has 3 rings (SSSR count). The summed E-state index contributed by atoms with van der Waals surface area (Å²) in [6.45, 7) is 6.43. The van der Waals surface area contributed by atoms with E-state index in [0.717, 1.165) is 15.8 Å². The Morgan fingerprint density at radius 2 is 1.68 bits per heavy atom. The van der Waals surface area contributed by atoms with Crippen LogP contribution in [-0.4, -0.2) is 9.46 Å². The molecule has 0 radical (unpaired) electrons. The fourth-order valence-corrected chi connectivity index (χ4v) is 4.29. The first-order valence-electron chi connectivity index (χ1n) is 6.58. The van der Waals surface area contributed by atoms with Crippen LogP contribution in [0.15, 0.2) is 47.4 Å². The van der Waals surface area contributed by atoms with Crippen LogP contribution in [0.4, 0.5) is 0 Å². The molecule has 0 saturated carbocycles. The SMILES string of the molecule is CC(C)(C)C1C=Cc2cc3ccccc3cc2S1=O. The molecule has 0 aromatic heterocycles. The molecular weight excluding hydrogens is 252 g/mol. The van der Waals surface area contributed by atoms with E-state index in [2.05, 4.69) is 57.2 Å². The first kappa shape index (κ1) is 12.6. The maximum Gasteiger partial charge on any atom is 0.0626 e. The van der Waals surface area contributed by atoms with Gasteiger partial charge in [-0.1, -0.05) is 57.2 Å². The summed E-state index contributed by atoms with van der Waals surface area (Å²) in [5, 5.41) is 2.45. The average Bonchev–Trinajstić information content (AvgIpc) is 2.36. The van der Waals surface area contributed by atoms with Gasteiger partial charge in [0.1, 0.15) is 0 Å². The first-order chi connectivity index (χ1) is 8.97. The Morgan fingerprint density at radius 3 is 2.32 bits per heavy atom. The van der Waals surface area contributed by atoms with E-state index >= 15 is 0 Å².